The molecule has 0 radical (unpaired) electrons. The molecular formula is C16H19N3O5. The molecule has 1 aromatic heterocycles. The Morgan fingerprint density at radius 3 is 2.62 bits per heavy atom. The van der Waals surface area contributed by atoms with Crippen LogP contribution in [0.2, 0.25) is 0 Å². The van der Waals surface area contributed by atoms with Crippen molar-refractivity contribution in [3.8, 4) is 0 Å². The minimum atomic E-state index is -0.481. The molecule has 2 N–H and O–H groups in total. The second-order valence-corrected chi connectivity index (χ2v) is 5.31. The molecule has 1 heterocycles. The summed E-state index contributed by atoms with van der Waals surface area (Å²) in [6, 6.07) is 6.91. The van der Waals surface area contributed by atoms with Gasteiger partial charge in [0.15, 0.2) is 0 Å². The number of benzene rings is 1. The number of carbonyl (C=O) groups excluding carboxylic acids is 1. The Bertz CT molecular complexity index is 741. The summed E-state index contributed by atoms with van der Waals surface area (Å²) < 4.78 is 10.6. The summed E-state index contributed by atoms with van der Waals surface area (Å²) in [5, 5.41) is 16.2. The van der Waals surface area contributed by atoms with Crippen molar-refractivity contribution in [1.82, 2.24) is 5.32 Å². The Hall–Kier alpha value is -2.87. The Morgan fingerprint density at radius 1 is 1.33 bits per heavy atom. The number of nitrogens with one attached hydrogen (secondary N) is 2. The van der Waals surface area contributed by atoms with Gasteiger partial charge in [-0.2, -0.15) is 0 Å². The standard InChI is InChI=1S/C16H19N3O5/c1-10-8-12(19(21)22)5-6-13(10)17-16(20)18-14(9-23-3)15-7-4-11(2)24-15/h4-8,14H,9H2,1-3H3,(H2,17,18,20)/t14-/m0/s1. The zero-order valence-corrected chi connectivity index (χ0v) is 13.7. The van der Waals surface area contributed by atoms with E-state index < -0.39 is 17.0 Å². The lowest BCUT2D eigenvalue weighted by molar-refractivity contribution is -0.384. The van der Waals surface area contributed by atoms with E-state index in [0.29, 0.717) is 17.0 Å². The number of nitro benzene ring substituents is 1. The Morgan fingerprint density at radius 2 is 2.08 bits per heavy atom. The van der Waals surface area contributed by atoms with Crippen LogP contribution in [0, 0.1) is 24.0 Å². The lowest BCUT2D eigenvalue weighted by Crippen LogP contribution is -2.34. The van der Waals surface area contributed by atoms with E-state index in [2.05, 4.69) is 10.6 Å². The van der Waals surface area contributed by atoms with E-state index in [4.69, 9.17) is 9.15 Å². The molecule has 0 unspecified atom stereocenters. The van der Waals surface area contributed by atoms with Gasteiger partial charge >= 0.3 is 6.03 Å². The molecule has 0 bridgehead atoms. The molecule has 2 aromatic rings. The third kappa shape index (κ3) is 4.32. The molecule has 8 heteroatoms. The van der Waals surface area contributed by atoms with Crippen LogP contribution in [0.1, 0.15) is 23.1 Å². The molecule has 0 saturated heterocycles. The highest BCUT2D eigenvalue weighted by molar-refractivity contribution is 5.90. The molecule has 0 aliphatic rings. The minimum absolute atomic E-state index is 0.0261. The molecule has 0 fully saturated rings. The number of anilines is 1. The highest BCUT2D eigenvalue weighted by atomic mass is 16.6. The monoisotopic (exact) mass is 333 g/mol. The van der Waals surface area contributed by atoms with Crippen molar-refractivity contribution in [2.24, 2.45) is 0 Å². The number of hydrogen-bond donors (Lipinski definition) is 2. The smallest absolute Gasteiger partial charge is 0.319 e. The fraction of sp³-hybridized carbons (Fsp3) is 0.312. The molecule has 0 aliphatic heterocycles. The van der Waals surface area contributed by atoms with Crippen LogP contribution in [-0.2, 0) is 4.74 Å². The lowest BCUT2D eigenvalue weighted by atomic mass is 10.2. The van der Waals surface area contributed by atoms with Crippen LogP contribution in [-0.4, -0.2) is 24.7 Å². The van der Waals surface area contributed by atoms with E-state index in [1.807, 2.05) is 6.92 Å². The summed E-state index contributed by atoms with van der Waals surface area (Å²) in [5.41, 5.74) is 1.06. The number of furan rings is 1. The molecule has 0 aliphatic carbocycles. The van der Waals surface area contributed by atoms with Gasteiger partial charge in [-0.05, 0) is 37.6 Å². The normalized spacial score (nSPS) is 11.8. The van der Waals surface area contributed by atoms with Crippen molar-refractivity contribution >= 4 is 17.4 Å². The van der Waals surface area contributed by atoms with Gasteiger partial charge in [0.1, 0.15) is 17.6 Å². The molecule has 1 aromatic carbocycles. The van der Waals surface area contributed by atoms with Crippen molar-refractivity contribution in [1.29, 1.82) is 0 Å². The van der Waals surface area contributed by atoms with Crippen LogP contribution in [0.3, 0.4) is 0 Å². The van der Waals surface area contributed by atoms with Crippen molar-refractivity contribution in [2.75, 3.05) is 19.0 Å². The first-order chi connectivity index (χ1) is 11.4. The van der Waals surface area contributed by atoms with Gasteiger partial charge in [-0.1, -0.05) is 0 Å². The first-order valence-corrected chi connectivity index (χ1v) is 7.28. The van der Waals surface area contributed by atoms with Crippen LogP contribution in [0.15, 0.2) is 34.7 Å². The first-order valence-electron chi connectivity index (χ1n) is 7.28. The first kappa shape index (κ1) is 17.5. The topological polar surface area (TPSA) is 107 Å². The number of non-ortho nitro benzene ring substituents is 1. The molecule has 0 spiro atoms. The zero-order chi connectivity index (χ0) is 17.7. The maximum absolute atomic E-state index is 12.2. The summed E-state index contributed by atoms with van der Waals surface area (Å²) in [7, 11) is 1.53. The molecule has 128 valence electrons. The van der Waals surface area contributed by atoms with Crippen molar-refractivity contribution in [2.45, 2.75) is 19.9 Å². The maximum Gasteiger partial charge on any atom is 0.319 e. The zero-order valence-electron chi connectivity index (χ0n) is 13.7. The SMILES string of the molecule is COC[C@H](NC(=O)Nc1ccc([N+](=O)[O-])cc1C)c1ccc(C)o1. The third-order valence-electron chi connectivity index (χ3n) is 3.41. The molecular weight excluding hydrogens is 314 g/mol. The molecule has 1 atom stereocenters. The average molecular weight is 333 g/mol. The average Bonchev–Trinajstić information content (AvgIpc) is 2.95. The van der Waals surface area contributed by atoms with Gasteiger partial charge < -0.3 is 19.8 Å². The Kier molecular flexibility index (Phi) is 5.54. The summed E-state index contributed by atoms with van der Waals surface area (Å²) >= 11 is 0. The van der Waals surface area contributed by atoms with Crippen molar-refractivity contribution in [3.05, 3.63) is 57.5 Å². The van der Waals surface area contributed by atoms with Crippen LogP contribution in [0.4, 0.5) is 16.2 Å². The second kappa shape index (κ2) is 7.60. The largest absolute Gasteiger partial charge is 0.464 e. The lowest BCUT2D eigenvalue weighted by Gasteiger charge is -2.17. The van der Waals surface area contributed by atoms with Gasteiger partial charge in [-0.15, -0.1) is 0 Å². The van der Waals surface area contributed by atoms with E-state index >= 15 is 0 Å². The van der Waals surface area contributed by atoms with Crippen LogP contribution >= 0.6 is 0 Å². The van der Waals surface area contributed by atoms with Crippen LogP contribution < -0.4 is 10.6 Å². The molecule has 24 heavy (non-hydrogen) atoms. The summed E-state index contributed by atoms with van der Waals surface area (Å²) in [6.07, 6.45) is 0. The summed E-state index contributed by atoms with van der Waals surface area (Å²) in [6.45, 7) is 3.75. The number of rotatable bonds is 6. The Balaban J connectivity index is 2.07. The molecule has 2 amide bonds. The van der Waals surface area contributed by atoms with Crippen LogP contribution in [0.25, 0.3) is 0 Å². The minimum Gasteiger partial charge on any atom is -0.464 e. The number of carbonyl (C=O) groups is 1. The number of aryl methyl sites for hydroxylation is 2. The van der Waals surface area contributed by atoms with Gasteiger partial charge in [0.05, 0.1) is 11.5 Å². The van der Waals surface area contributed by atoms with Gasteiger partial charge in [0, 0.05) is 24.9 Å². The van der Waals surface area contributed by atoms with Crippen molar-refractivity contribution in [3.63, 3.8) is 0 Å². The number of amides is 2. The van der Waals surface area contributed by atoms with Gasteiger partial charge in [-0.25, -0.2) is 4.79 Å². The predicted octanol–water partition coefficient (Wildman–Crippen LogP) is 3.31. The Labute approximate surface area is 139 Å². The second-order valence-electron chi connectivity index (χ2n) is 5.31. The van der Waals surface area contributed by atoms with Gasteiger partial charge in [-0.3, -0.25) is 10.1 Å². The quantitative estimate of drug-likeness (QED) is 0.623. The number of nitrogens with zero attached hydrogens (tertiary/aromatic N) is 1. The summed E-state index contributed by atoms with van der Waals surface area (Å²) in [4.78, 5) is 22.5. The van der Waals surface area contributed by atoms with Gasteiger partial charge in [0.25, 0.3) is 5.69 Å². The maximum atomic E-state index is 12.2. The van der Waals surface area contributed by atoms with Crippen molar-refractivity contribution < 1.29 is 18.9 Å². The van der Waals surface area contributed by atoms with Gasteiger partial charge in [0.2, 0.25) is 0 Å². The van der Waals surface area contributed by atoms with Crippen LogP contribution in [0.5, 0.6) is 0 Å². The molecule has 0 saturated carbocycles. The number of urea groups is 1. The molecule has 8 nitrogen and oxygen atoms in total. The number of methoxy groups -OCH3 is 1. The van der Waals surface area contributed by atoms with E-state index in [-0.39, 0.29) is 12.3 Å². The number of hydrogen-bond acceptors (Lipinski definition) is 5. The fourth-order valence-electron chi connectivity index (χ4n) is 2.22. The third-order valence-corrected chi connectivity index (χ3v) is 3.41. The fourth-order valence-corrected chi connectivity index (χ4v) is 2.22. The highest BCUT2D eigenvalue weighted by Crippen LogP contribution is 2.22. The van der Waals surface area contributed by atoms with E-state index in [0.717, 1.165) is 5.76 Å². The summed E-state index contributed by atoms with van der Waals surface area (Å²) in [5.74, 6) is 1.32. The molecule has 2 rings (SSSR count). The number of ether oxygens (including phenoxy) is 1. The number of nitro groups is 1. The predicted molar refractivity (Wildman–Crippen MR) is 88.0 cm³/mol. The highest BCUT2D eigenvalue weighted by Gasteiger charge is 2.18. The van der Waals surface area contributed by atoms with E-state index in [9.17, 15) is 14.9 Å². The van der Waals surface area contributed by atoms with E-state index in [1.165, 1.54) is 25.3 Å². The van der Waals surface area contributed by atoms with E-state index in [1.54, 1.807) is 19.1 Å².